The quantitative estimate of drug-likeness (QED) is 0.254. The van der Waals surface area contributed by atoms with Crippen molar-refractivity contribution in [2.75, 3.05) is 46.0 Å². The lowest BCUT2D eigenvalue weighted by Crippen LogP contribution is -2.42. The number of imidazole rings is 1. The van der Waals surface area contributed by atoms with Gasteiger partial charge in [0.2, 0.25) is 0 Å². The van der Waals surface area contributed by atoms with Crippen LogP contribution in [0.1, 0.15) is 43.3 Å². The Morgan fingerprint density at radius 1 is 1.13 bits per heavy atom. The van der Waals surface area contributed by atoms with Gasteiger partial charge in [-0.25, -0.2) is 4.98 Å². The fourth-order valence-electron chi connectivity index (χ4n) is 5.24. The second-order valence-electron chi connectivity index (χ2n) is 10.5. The van der Waals surface area contributed by atoms with Crippen LogP contribution in [0.25, 0.3) is 11.4 Å². The van der Waals surface area contributed by atoms with Gasteiger partial charge >= 0.3 is 0 Å². The number of aliphatic hydroxyl groups excluding tert-OH is 1. The van der Waals surface area contributed by atoms with E-state index in [1.54, 1.807) is 22.4 Å². The molecule has 206 valence electrons. The van der Waals surface area contributed by atoms with Gasteiger partial charge in [-0.2, -0.15) is 0 Å². The van der Waals surface area contributed by atoms with Gasteiger partial charge in [-0.1, -0.05) is 32.0 Å². The average molecular weight is 533 g/mol. The number of benzene rings is 1. The summed E-state index contributed by atoms with van der Waals surface area (Å²) in [6.45, 7) is 10.4. The molecule has 5 rings (SSSR count). The lowest BCUT2D eigenvalue weighted by atomic mass is 9.96. The molecule has 2 aromatic heterocycles. The molecule has 1 amide bonds. The number of likely N-dealkylation sites (tertiary alicyclic amines) is 1. The molecule has 2 fully saturated rings. The van der Waals surface area contributed by atoms with Gasteiger partial charge in [-0.3, -0.25) is 18.9 Å². The Morgan fingerprint density at radius 3 is 2.69 bits per heavy atom. The van der Waals surface area contributed by atoms with Crippen molar-refractivity contribution in [3.63, 3.8) is 0 Å². The summed E-state index contributed by atoms with van der Waals surface area (Å²) in [5.41, 5.74) is 2.41. The van der Waals surface area contributed by atoms with Gasteiger partial charge in [0, 0.05) is 32.4 Å². The van der Waals surface area contributed by atoms with Crippen molar-refractivity contribution in [2.24, 2.45) is 5.92 Å². The summed E-state index contributed by atoms with van der Waals surface area (Å²) in [4.78, 5) is 35.4. The van der Waals surface area contributed by atoms with Crippen LogP contribution in [0.2, 0.25) is 0 Å². The maximum Gasteiger partial charge on any atom is 0.295 e. The predicted molar refractivity (Wildman–Crippen MR) is 148 cm³/mol. The van der Waals surface area contributed by atoms with Gasteiger partial charge in [-0.15, -0.1) is 0 Å². The monoisotopic (exact) mass is 532 g/mol. The van der Waals surface area contributed by atoms with Gasteiger partial charge in [0.25, 0.3) is 11.7 Å². The lowest BCUT2D eigenvalue weighted by molar-refractivity contribution is -0.140. The smallest absolute Gasteiger partial charge is 0.295 e. The highest BCUT2D eigenvalue weighted by molar-refractivity contribution is 6.46. The standard InChI is InChI=1S/C30H36N4O5/c1-20(2)10-16-39-23-8-6-7-22(19-23)27-25(28(35)26-21(3)31-24-9-4-5-11-33(24)26)29(36)30(37)34(27)13-12-32-14-17-38-18-15-32/h4-9,11,19-20,27,35H,10,12-18H2,1-3H3. The number of aliphatic hydroxyl groups is 1. The van der Waals surface area contributed by atoms with Crippen molar-refractivity contribution in [1.82, 2.24) is 19.2 Å². The number of fused-ring (bicyclic) bond motifs is 1. The van der Waals surface area contributed by atoms with E-state index in [1.165, 1.54) is 0 Å². The molecule has 2 saturated heterocycles. The summed E-state index contributed by atoms with van der Waals surface area (Å²) >= 11 is 0. The molecular formula is C30H36N4O5. The largest absolute Gasteiger partial charge is 0.505 e. The maximum absolute atomic E-state index is 13.6. The molecule has 0 aliphatic carbocycles. The third kappa shape index (κ3) is 5.55. The van der Waals surface area contributed by atoms with E-state index in [9.17, 15) is 14.7 Å². The molecule has 0 spiro atoms. The number of ether oxygens (including phenoxy) is 2. The zero-order chi connectivity index (χ0) is 27.5. The maximum atomic E-state index is 13.6. The summed E-state index contributed by atoms with van der Waals surface area (Å²) < 4.78 is 13.2. The Kier molecular flexibility index (Phi) is 7.99. The van der Waals surface area contributed by atoms with E-state index in [-0.39, 0.29) is 11.3 Å². The van der Waals surface area contributed by atoms with Crippen LogP contribution in [0.5, 0.6) is 5.75 Å². The van der Waals surface area contributed by atoms with Gasteiger partial charge in [0.05, 0.1) is 37.1 Å². The first-order valence-electron chi connectivity index (χ1n) is 13.6. The first-order chi connectivity index (χ1) is 18.8. The highest BCUT2D eigenvalue weighted by atomic mass is 16.5. The number of carbonyl (C=O) groups excluding carboxylic acids is 2. The first kappa shape index (κ1) is 26.9. The molecule has 1 atom stereocenters. The minimum atomic E-state index is -0.756. The third-order valence-electron chi connectivity index (χ3n) is 7.37. The number of aryl methyl sites for hydroxylation is 1. The highest BCUT2D eigenvalue weighted by Gasteiger charge is 2.46. The number of pyridine rings is 1. The van der Waals surface area contributed by atoms with E-state index in [0.29, 0.717) is 67.2 Å². The van der Waals surface area contributed by atoms with Crippen LogP contribution in [0, 0.1) is 12.8 Å². The van der Waals surface area contributed by atoms with E-state index >= 15 is 0 Å². The molecule has 2 aliphatic rings. The number of hydrogen-bond acceptors (Lipinski definition) is 7. The summed E-state index contributed by atoms with van der Waals surface area (Å²) in [6, 6.07) is 12.3. The topological polar surface area (TPSA) is 96.6 Å². The Hall–Kier alpha value is -3.69. The summed E-state index contributed by atoms with van der Waals surface area (Å²) in [5, 5.41) is 11.7. The summed E-state index contributed by atoms with van der Waals surface area (Å²) in [7, 11) is 0. The van der Waals surface area contributed by atoms with Crippen LogP contribution < -0.4 is 4.74 Å². The normalized spacial score (nSPS) is 19.9. The highest BCUT2D eigenvalue weighted by Crippen LogP contribution is 2.40. The average Bonchev–Trinajstić information content (AvgIpc) is 3.40. The zero-order valence-corrected chi connectivity index (χ0v) is 22.8. The summed E-state index contributed by atoms with van der Waals surface area (Å²) in [5.74, 6) is -0.370. The van der Waals surface area contributed by atoms with E-state index in [2.05, 4.69) is 23.7 Å². The molecule has 1 aromatic carbocycles. The minimum absolute atomic E-state index is 0.0649. The van der Waals surface area contributed by atoms with E-state index < -0.39 is 17.7 Å². The lowest BCUT2D eigenvalue weighted by Gasteiger charge is -2.31. The number of rotatable bonds is 9. The number of carbonyl (C=O) groups is 2. The molecule has 3 aromatic rings. The number of hydrogen-bond donors (Lipinski definition) is 1. The molecule has 1 unspecified atom stereocenters. The molecule has 39 heavy (non-hydrogen) atoms. The van der Waals surface area contributed by atoms with Crippen molar-refractivity contribution >= 4 is 23.1 Å². The Bertz CT molecular complexity index is 1390. The molecule has 0 saturated carbocycles. The molecule has 9 nitrogen and oxygen atoms in total. The van der Waals surface area contributed by atoms with Crippen LogP contribution in [-0.2, 0) is 14.3 Å². The minimum Gasteiger partial charge on any atom is -0.505 e. The predicted octanol–water partition coefficient (Wildman–Crippen LogP) is 3.82. The third-order valence-corrected chi connectivity index (χ3v) is 7.37. The van der Waals surface area contributed by atoms with Crippen molar-refractivity contribution in [2.45, 2.75) is 33.2 Å². The van der Waals surface area contributed by atoms with Crippen LogP contribution in [-0.4, -0.2) is 82.0 Å². The fraction of sp³-hybridized carbons (Fsp3) is 0.433. The second kappa shape index (κ2) is 11.6. The van der Waals surface area contributed by atoms with Crippen LogP contribution in [0.3, 0.4) is 0 Å². The second-order valence-corrected chi connectivity index (χ2v) is 10.5. The zero-order valence-electron chi connectivity index (χ0n) is 22.8. The molecular weight excluding hydrogens is 496 g/mol. The molecule has 0 bridgehead atoms. The van der Waals surface area contributed by atoms with Crippen molar-refractivity contribution in [1.29, 1.82) is 0 Å². The Balaban J connectivity index is 1.56. The van der Waals surface area contributed by atoms with Gasteiger partial charge in [0.1, 0.15) is 17.1 Å². The molecule has 4 heterocycles. The first-order valence-corrected chi connectivity index (χ1v) is 13.6. The van der Waals surface area contributed by atoms with Crippen molar-refractivity contribution < 1.29 is 24.2 Å². The number of aromatic nitrogens is 2. The van der Waals surface area contributed by atoms with Crippen LogP contribution in [0.4, 0.5) is 0 Å². The van der Waals surface area contributed by atoms with Crippen LogP contribution in [0.15, 0.2) is 54.2 Å². The number of morpholine rings is 1. The Morgan fingerprint density at radius 2 is 1.92 bits per heavy atom. The summed E-state index contributed by atoms with van der Waals surface area (Å²) in [6.07, 6.45) is 2.70. The molecule has 0 radical (unpaired) electrons. The van der Waals surface area contributed by atoms with E-state index in [4.69, 9.17) is 9.47 Å². The van der Waals surface area contributed by atoms with E-state index in [1.807, 2.05) is 42.5 Å². The van der Waals surface area contributed by atoms with Crippen LogP contribution >= 0.6 is 0 Å². The number of Topliss-reactive ketones (excluding diaryl/α,β-unsaturated/α-hetero) is 1. The SMILES string of the molecule is Cc1nc2ccccn2c1C(O)=C1C(=O)C(=O)N(CCN2CCOCC2)C1c1cccc(OCCC(C)C)c1. The number of ketones is 1. The van der Waals surface area contributed by atoms with Gasteiger partial charge in [-0.05, 0) is 49.1 Å². The van der Waals surface area contributed by atoms with Crippen molar-refractivity contribution in [3.05, 3.63) is 71.2 Å². The van der Waals surface area contributed by atoms with E-state index in [0.717, 1.165) is 19.5 Å². The Labute approximate surface area is 228 Å². The number of nitrogens with zero attached hydrogens (tertiary/aromatic N) is 4. The molecule has 9 heteroatoms. The van der Waals surface area contributed by atoms with Crippen molar-refractivity contribution in [3.8, 4) is 5.75 Å². The van der Waals surface area contributed by atoms with Gasteiger partial charge < -0.3 is 19.5 Å². The molecule has 2 aliphatic heterocycles. The van der Waals surface area contributed by atoms with Gasteiger partial charge in [0.15, 0.2) is 5.76 Å². The number of amides is 1. The fourth-order valence-corrected chi connectivity index (χ4v) is 5.24. The molecule has 1 N–H and O–H groups in total.